The highest BCUT2D eigenvalue weighted by atomic mass is 35.5. The fourth-order valence-corrected chi connectivity index (χ4v) is 3.47. The summed E-state index contributed by atoms with van der Waals surface area (Å²) in [7, 11) is 1.86. The van der Waals surface area contributed by atoms with Gasteiger partial charge in [0.2, 0.25) is 0 Å². The van der Waals surface area contributed by atoms with E-state index in [2.05, 4.69) is 23.2 Å². The third kappa shape index (κ3) is 3.48. The minimum absolute atomic E-state index is 0.0129. The van der Waals surface area contributed by atoms with Gasteiger partial charge in [0.25, 0.3) is 0 Å². The number of ketones is 1. The monoisotopic (exact) mass is 372 g/mol. The van der Waals surface area contributed by atoms with E-state index >= 15 is 0 Å². The highest BCUT2D eigenvalue weighted by Crippen LogP contribution is 2.36. The van der Waals surface area contributed by atoms with E-state index in [0.717, 1.165) is 11.3 Å². The van der Waals surface area contributed by atoms with Crippen LogP contribution in [0.2, 0.25) is 10.0 Å². The Balaban J connectivity index is 2.23. The first-order valence-corrected chi connectivity index (χ1v) is 8.70. The van der Waals surface area contributed by atoms with Crippen LogP contribution in [0, 0.1) is 0 Å². The summed E-state index contributed by atoms with van der Waals surface area (Å²) in [5, 5.41) is 1.07. The molecule has 0 aliphatic heterocycles. The second-order valence-electron chi connectivity index (χ2n) is 6.09. The van der Waals surface area contributed by atoms with Gasteiger partial charge in [-0.3, -0.25) is 4.79 Å². The lowest BCUT2D eigenvalue weighted by molar-refractivity contribution is 0.100. The van der Waals surface area contributed by atoms with Crippen LogP contribution in [-0.4, -0.2) is 15.3 Å². The van der Waals surface area contributed by atoms with Crippen molar-refractivity contribution in [1.29, 1.82) is 0 Å². The SMILES string of the molecule is CC(=O)c1nc(-c2ccc(Cl)cc2Cl)c(C2C=CC=C(C)C=C2)n1C. The first-order valence-electron chi connectivity index (χ1n) is 7.94. The molecule has 0 spiro atoms. The van der Waals surface area contributed by atoms with Gasteiger partial charge in [0.05, 0.1) is 16.4 Å². The summed E-state index contributed by atoms with van der Waals surface area (Å²) in [5.74, 6) is 0.309. The Morgan fingerprint density at radius 2 is 2.00 bits per heavy atom. The van der Waals surface area contributed by atoms with Crippen LogP contribution in [0.25, 0.3) is 11.3 Å². The van der Waals surface area contributed by atoms with Crippen LogP contribution in [0.5, 0.6) is 0 Å². The maximum Gasteiger partial charge on any atom is 0.195 e. The number of carbonyl (C=O) groups excluding carboxylic acids is 1. The molecule has 3 nitrogen and oxygen atoms in total. The molecule has 0 radical (unpaired) electrons. The van der Waals surface area contributed by atoms with Crippen molar-refractivity contribution >= 4 is 29.0 Å². The van der Waals surface area contributed by atoms with Gasteiger partial charge in [0.1, 0.15) is 0 Å². The molecule has 0 saturated carbocycles. The number of nitrogens with zero attached hydrogens (tertiary/aromatic N) is 2. The van der Waals surface area contributed by atoms with E-state index in [1.54, 1.807) is 12.1 Å². The van der Waals surface area contributed by atoms with E-state index < -0.39 is 0 Å². The van der Waals surface area contributed by atoms with Gasteiger partial charge in [-0.15, -0.1) is 0 Å². The van der Waals surface area contributed by atoms with Gasteiger partial charge < -0.3 is 4.57 Å². The maximum absolute atomic E-state index is 12.0. The average Bonchev–Trinajstić information content (AvgIpc) is 2.73. The molecule has 0 bridgehead atoms. The number of aromatic nitrogens is 2. The largest absolute Gasteiger partial charge is 0.327 e. The van der Waals surface area contributed by atoms with Gasteiger partial charge >= 0.3 is 0 Å². The quantitative estimate of drug-likeness (QED) is 0.642. The fraction of sp³-hybridized carbons (Fsp3) is 0.200. The van der Waals surface area contributed by atoms with Crippen LogP contribution in [0.1, 0.15) is 36.1 Å². The lowest BCUT2D eigenvalue weighted by Gasteiger charge is -2.13. The zero-order chi connectivity index (χ0) is 18.1. The molecule has 1 unspecified atom stereocenters. The minimum Gasteiger partial charge on any atom is -0.327 e. The summed E-state index contributed by atoms with van der Waals surface area (Å²) in [6, 6.07) is 5.31. The summed E-state index contributed by atoms with van der Waals surface area (Å²) in [5.41, 5.74) is 3.55. The molecule has 2 aromatic rings. The van der Waals surface area contributed by atoms with Crippen LogP contribution in [0.15, 0.2) is 54.2 Å². The second kappa shape index (κ2) is 7.03. The summed E-state index contributed by atoms with van der Waals surface area (Å²) in [4.78, 5) is 16.6. The zero-order valence-corrected chi connectivity index (χ0v) is 15.8. The maximum atomic E-state index is 12.0. The zero-order valence-electron chi connectivity index (χ0n) is 14.3. The molecule has 0 N–H and O–H groups in total. The van der Waals surface area contributed by atoms with Crippen LogP contribution in [0.3, 0.4) is 0 Å². The molecule has 0 saturated heterocycles. The lowest BCUT2D eigenvalue weighted by atomic mass is 9.99. The Labute approximate surface area is 157 Å². The van der Waals surface area contributed by atoms with Crippen molar-refractivity contribution < 1.29 is 4.79 Å². The Kier molecular flexibility index (Phi) is 4.98. The normalized spacial score (nSPS) is 16.7. The van der Waals surface area contributed by atoms with Crippen molar-refractivity contribution in [2.45, 2.75) is 19.8 Å². The second-order valence-corrected chi connectivity index (χ2v) is 6.93. The molecule has 0 fully saturated rings. The van der Waals surface area contributed by atoms with Gasteiger partial charge in [-0.25, -0.2) is 4.98 Å². The number of benzene rings is 1. The van der Waals surface area contributed by atoms with Gasteiger partial charge in [-0.1, -0.05) is 59.2 Å². The third-order valence-electron chi connectivity index (χ3n) is 4.20. The number of halogens is 2. The summed E-state index contributed by atoms with van der Waals surface area (Å²) < 4.78 is 1.85. The predicted molar refractivity (Wildman–Crippen MR) is 103 cm³/mol. The first kappa shape index (κ1) is 17.7. The first-order chi connectivity index (χ1) is 11.9. The number of rotatable bonds is 3. The number of hydrogen-bond acceptors (Lipinski definition) is 2. The van der Waals surface area contributed by atoms with Gasteiger partial charge in [0.15, 0.2) is 11.6 Å². The average molecular weight is 373 g/mol. The van der Waals surface area contributed by atoms with Crippen molar-refractivity contribution in [3.05, 3.63) is 75.7 Å². The Morgan fingerprint density at radius 1 is 1.24 bits per heavy atom. The van der Waals surface area contributed by atoms with Gasteiger partial charge in [-0.05, 0) is 25.1 Å². The molecule has 1 aliphatic carbocycles. The number of hydrogen-bond donors (Lipinski definition) is 0. The Hall–Kier alpha value is -2.10. The Bertz CT molecular complexity index is 935. The number of carbonyl (C=O) groups is 1. The van der Waals surface area contributed by atoms with E-state index in [-0.39, 0.29) is 11.7 Å². The highest BCUT2D eigenvalue weighted by Gasteiger charge is 2.24. The van der Waals surface area contributed by atoms with Crippen LogP contribution < -0.4 is 0 Å². The molecular formula is C20H18Cl2N2O. The van der Waals surface area contributed by atoms with Crippen LogP contribution in [0.4, 0.5) is 0 Å². The fourth-order valence-electron chi connectivity index (χ4n) is 2.97. The van der Waals surface area contributed by atoms with E-state index in [1.165, 1.54) is 12.5 Å². The molecule has 1 aromatic heterocycles. The molecule has 25 heavy (non-hydrogen) atoms. The van der Waals surface area contributed by atoms with Crippen molar-refractivity contribution in [3.63, 3.8) is 0 Å². The van der Waals surface area contributed by atoms with Gasteiger partial charge in [0, 0.05) is 30.5 Å². The van der Waals surface area contributed by atoms with E-state index in [0.29, 0.717) is 21.6 Å². The third-order valence-corrected chi connectivity index (χ3v) is 4.75. The molecule has 5 heteroatoms. The van der Waals surface area contributed by atoms with E-state index in [4.69, 9.17) is 23.2 Å². The minimum atomic E-state index is -0.0871. The smallest absolute Gasteiger partial charge is 0.195 e. The number of allylic oxidation sites excluding steroid dienone is 6. The number of Topliss-reactive ketones (excluding diaryl/α,β-unsaturated/α-hetero) is 1. The van der Waals surface area contributed by atoms with E-state index in [9.17, 15) is 4.79 Å². The van der Waals surface area contributed by atoms with Crippen LogP contribution >= 0.6 is 23.2 Å². The topological polar surface area (TPSA) is 34.9 Å². The summed E-state index contributed by atoms with van der Waals surface area (Å²) in [6.07, 6.45) is 10.3. The molecule has 128 valence electrons. The molecule has 1 heterocycles. The molecular weight excluding hydrogens is 355 g/mol. The standard InChI is InChI=1S/C20H18Cl2N2O/c1-12-5-4-6-14(8-7-12)19-18(23-20(13(2)25)24(19)3)16-10-9-15(21)11-17(16)22/h4-11,14H,1-3H3. The van der Waals surface area contributed by atoms with E-state index in [1.807, 2.05) is 36.8 Å². The van der Waals surface area contributed by atoms with Crippen molar-refractivity contribution in [2.75, 3.05) is 0 Å². The summed E-state index contributed by atoms with van der Waals surface area (Å²) >= 11 is 12.4. The van der Waals surface area contributed by atoms with Crippen molar-refractivity contribution in [2.24, 2.45) is 7.05 Å². The molecule has 0 amide bonds. The highest BCUT2D eigenvalue weighted by molar-refractivity contribution is 6.36. The van der Waals surface area contributed by atoms with Gasteiger partial charge in [-0.2, -0.15) is 0 Å². The predicted octanol–water partition coefficient (Wildman–Crippen LogP) is 5.75. The molecule has 1 aliphatic rings. The Morgan fingerprint density at radius 3 is 2.68 bits per heavy atom. The van der Waals surface area contributed by atoms with Crippen molar-refractivity contribution in [3.8, 4) is 11.3 Å². The molecule has 1 atom stereocenters. The lowest BCUT2D eigenvalue weighted by Crippen LogP contribution is -2.08. The molecule has 1 aromatic carbocycles. The van der Waals surface area contributed by atoms with Crippen molar-refractivity contribution in [1.82, 2.24) is 9.55 Å². The summed E-state index contributed by atoms with van der Waals surface area (Å²) in [6.45, 7) is 3.56. The van der Waals surface area contributed by atoms with Crippen LogP contribution in [-0.2, 0) is 7.05 Å². The number of imidazole rings is 1. The molecule has 3 rings (SSSR count).